The van der Waals surface area contributed by atoms with Crippen molar-refractivity contribution < 1.29 is 14.3 Å². The summed E-state index contributed by atoms with van der Waals surface area (Å²) >= 11 is 12.6. The van der Waals surface area contributed by atoms with Gasteiger partial charge in [0, 0.05) is 28.7 Å². The summed E-state index contributed by atoms with van der Waals surface area (Å²) < 4.78 is 4.79. The Kier molecular flexibility index (Phi) is 6.94. The number of rotatable bonds is 5. The lowest BCUT2D eigenvalue weighted by molar-refractivity contribution is -0.121. The zero-order valence-electron chi connectivity index (χ0n) is 15.6. The minimum Gasteiger partial charge on any atom is -0.465 e. The summed E-state index contributed by atoms with van der Waals surface area (Å²) in [7, 11) is 1.32. The number of nitrogens with one attached hydrogen (secondary N) is 1. The van der Waals surface area contributed by atoms with E-state index >= 15 is 0 Å². The Hall–Kier alpha value is -2.08. The topological polar surface area (TPSA) is 58.6 Å². The molecule has 28 heavy (non-hydrogen) atoms. The van der Waals surface area contributed by atoms with E-state index in [0.29, 0.717) is 34.4 Å². The van der Waals surface area contributed by atoms with Crippen molar-refractivity contribution in [1.29, 1.82) is 0 Å². The highest BCUT2D eigenvalue weighted by Crippen LogP contribution is 2.28. The third-order valence-corrected chi connectivity index (χ3v) is 5.62. The van der Waals surface area contributed by atoms with Gasteiger partial charge in [-0.25, -0.2) is 4.79 Å². The molecule has 0 radical (unpaired) electrons. The van der Waals surface area contributed by atoms with Crippen LogP contribution in [0.5, 0.6) is 0 Å². The SMILES string of the molecule is COC(=O)c1ccccc1NC(=O)[C@@H]1CCCN(Cc2c(Cl)cccc2Cl)C1. The van der Waals surface area contributed by atoms with Gasteiger partial charge in [-0.3, -0.25) is 9.69 Å². The quantitative estimate of drug-likeness (QED) is 0.716. The number of para-hydroxylation sites is 1. The van der Waals surface area contributed by atoms with Gasteiger partial charge in [0.05, 0.1) is 24.3 Å². The number of hydrogen-bond donors (Lipinski definition) is 1. The number of esters is 1. The Morgan fingerprint density at radius 1 is 1.14 bits per heavy atom. The highest BCUT2D eigenvalue weighted by Gasteiger charge is 2.27. The Morgan fingerprint density at radius 2 is 1.86 bits per heavy atom. The minimum absolute atomic E-state index is 0.105. The summed E-state index contributed by atoms with van der Waals surface area (Å²) in [5.41, 5.74) is 1.68. The molecule has 1 aliphatic heterocycles. The summed E-state index contributed by atoms with van der Waals surface area (Å²) in [6.45, 7) is 2.08. The molecule has 1 atom stereocenters. The molecule has 0 bridgehead atoms. The highest BCUT2D eigenvalue weighted by molar-refractivity contribution is 6.35. The van der Waals surface area contributed by atoms with E-state index in [1.54, 1.807) is 24.3 Å². The maximum absolute atomic E-state index is 12.8. The van der Waals surface area contributed by atoms with Gasteiger partial charge in [-0.1, -0.05) is 41.4 Å². The number of benzene rings is 2. The third-order valence-electron chi connectivity index (χ3n) is 4.91. The van der Waals surface area contributed by atoms with Crippen LogP contribution in [0.15, 0.2) is 42.5 Å². The number of nitrogens with zero attached hydrogens (tertiary/aromatic N) is 1. The monoisotopic (exact) mass is 420 g/mol. The van der Waals surface area contributed by atoms with E-state index in [0.717, 1.165) is 24.9 Å². The maximum atomic E-state index is 12.8. The molecule has 1 amide bonds. The van der Waals surface area contributed by atoms with Crippen LogP contribution in [-0.4, -0.2) is 37.0 Å². The Labute approximate surface area is 174 Å². The molecule has 1 heterocycles. The first kappa shape index (κ1) is 20.6. The molecule has 2 aromatic rings. The van der Waals surface area contributed by atoms with Crippen molar-refractivity contribution in [2.24, 2.45) is 5.92 Å². The molecule has 0 aliphatic carbocycles. The number of piperidine rings is 1. The number of hydrogen-bond acceptors (Lipinski definition) is 4. The Morgan fingerprint density at radius 3 is 2.57 bits per heavy atom. The molecule has 3 rings (SSSR count). The average Bonchev–Trinajstić information content (AvgIpc) is 2.71. The average molecular weight is 421 g/mol. The van der Waals surface area contributed by atoms with E-state index in [9.17, 15) is 9.59 Å². The van der Waals surface area contributed by atoms with Crippen molar-refractivity contribution in [2.45, 2.75) is 19.4 Å². The first-order valence-electron chi connectivity index (χ1n) is 9.13. The van der Waals surface area contributed by atoms with Crippen LogP contribution in [-0.2, 0) is 16.1 Å². The molecule has 1 N–H and O–H groups in total. The van der Waals surface area contributed by atoms with Crippen molar-refractivity contribution in [3.63, 3.8) is 0 Å². The molecule has 0 spiro atoms. The van der Waals surface area contributed by atoms with Gasteiger partial charge >= 0.3 is 5.97 Å². The minimum atomic E-state index is -0.477. The smallest absolute Gasteiger partial charge is 0.339 e. The second-order valence-electron chi connectivity index (χ2n) is 6.80. The van der Waals surface area contributed by atoms with Crippen LogP contribution in [0, 0.1) is 5.92 Å². The van der Waals surface area contributed by atoms with Gasteiger partial charge in [-0.15, -0.1) is 0 Å². The van der Waals surface area contributed by atoms with Crippen LogP contribution in [0.4, 0.5) is 5.69 Å². The van der Waals surface area contributed by atoms with Crippen LogP contribution in [0.25, 0.3) is 0 Å². The molecule has 1 aliphatic rings. The number of methoxy groups -OCH3 is 1. The van der Waals surface area contributed by atoms with Gasteiger partial charge in [0.1, 0.15) is 0 Å². The summed E-state index contributed by atoms with van der Waals surface area (Å²) in [5, 5.41) is 4.15. The zero-order valence-corrected chi connectivity index (χ0v) is 17.1. The molecule has 0 aromatic heterocycles. The molecule has 0 saturated carbocycles. The number of anilines is 1. The van der Waals surface area contributed by atoms with Gasteiger partial charge in [-0.05, 0) is 43.7 Å². The molecule has 1 saturated heterocycles. The van der Waals surface area contributed by atoms with E-state index in [2.05, 4.69) is 10.2 Å². The first-order valence-corrected chi connectivity index (χ1v) is 9.88. The van der Waals surface area contributed by atoms with Crippen molar-refractivity contribution in [2.75, 3.05) is 25.5 Å². The van der Waals surface area contributed by atoms with Gasteiger partial charge in [-0.2, -0.15) is 0 Å². The number of likely N-dealkylation sites (tertiary alicyclic amines) is 1. The Balaban J connectivity index is 1.68. The van der Waals surface area contributed by atoms with Crippen molar-refractivity contribution in [3.05, 3.63) is 63.6 Å². The second kappa shape index (κ2) is 9.41. The fraction of sp³-hybridized carbons (Fsp3) is 0.333. The lowest BCUT2D eigenvalue weighted by Gasteiger charge is -2.32. The largest absolute Gasteiger partial charge is 0.465 e. The molecule has 148 valence electrons. The molecule has 2 aromatic carbocycles. The maximum Gasteiger partial charge on any atom is 0.339 e. The second-order valence-corrected chi connectivity index (χ2v) is 7.62. The van der Waals surface area contributed by atoms with E-state index in [4.69, 9.17) is 27.9 Å². The molecular weight excluding hydrogens is 399 g/mol. The van der Waals surface area contributed by atoms with Crippen LogP contribution in [0.3, 0.4) is 0 Å². The third kappa shape index (κ3) is 4.85. The summed E-state index contributed by atoms with van der Waals surface area (Å²) in [5.74, 6) is -0.762. The Bertz CT molecular complexity index is 852. The molecule has 1 fully saturated rings. The van der Waals surface area contributed by atoms with Crippen molar-refractivity contribution in [3.8, 4) is 0 Å². The van der Waals surface area contributed by atoms with Crippen LogP contribution in [0.1, 0.15) is 28.8 Å². The number of carbonyl (C=O) groups excluding carboxylic acids is 2. The molecule has 5 nitrogen and oxygen atoms in total. The summed E-state index contributed by atoms with van der Waals surface area (Å²) in [6.07, 6.45) is 1.69. The number of amides is 1. The standard InChI is InChI=1S/C21H22Cl2N2O3/c1-28-21(27)15-7-2-3-10-19(15)24-20(26)14-6-5-11-25(12-14)13-16-17(22)8-4-9-18(16)23/h2-4,7-10,14H,5-6,11-13H2,1H3,(H,24,26)/t14-/m1/s1. The van der Waals surface area contributed by atoms with E-state index in [1.165, 1.54) is 7.11 Å². The predicted octanol–water partition coefficient (Wildman–Crippen LogP) is 4.63. The van der Waals surface area contributed by atoms with E-state index in [-0.39, 0.29) is 11.8 Å². The van der Waals surface area contributed by atoms with Crippen LogP contribution >= 0.6 is 23.2 Å². The highest BCUT2D eigenvalue weighted by atomic mass is 35.5. The van der Waals surface area contributed by atoms with Gasteiger partial charge in [0.25, 0.3) is 0 Å². The number of halogens is 2. The zero-order chi connectivity index (χ0) is 20.1. The predicted molar refractivity (Wildman–Crippen MR) is 111 cm³/mol. The molecule has 0 unspecified atom stereocenters. The summed E-state index contributed by atoms with van der Waals surface area (Å²) in [6, 6.07) is 12.3. The summed E-state index contributed by atoms with van der Waals surface area (Å²) in [4.78, 5) is 26.9. The lowest BCUT2D eigenvalue weighted by Crippen LogP contribution is -2.40. The first-order chi connectivity index (χ1) is 13.5. The van der Waals surface area contributed by atoms with Crippen LogP contribution < -0.4 is 5.32 Å². The lowest BCUT2D eigenvalue weighted by atomic mass is 9.96. The fourth-order valence-electron chi connectivity index (χ4n) is 3.44. The molecular formula is C21H22Cl2N2O3. The number of ether oxygens (including phenoxy) is 1. The van der Waals surface area contributed by atoms with Crippen molar-refractivity contribution in [1.82, 2.24) is 4.90 Å². The van der Waals surface area contributed by atoms with Crippen molar-refractivity contribution >= 4 is 40.8 Å². The fourth-order valence-corrected chi connectivity index (χ4v) is 3.95. The van der Waals surface area contributed by atoms with Gasteiger partial charge < -0.3 is 10.1 Å². The van der Waals surface area contributed by atoms with E-state index < -0.39 is 5.97 Å². The van der Waals surface area contributed by atoms with Gasteiger partial charge in [0.2, 0.25) is 5.91 Å². The van der Waals surface area contributed by atoms with Crippen LogP contribution in [0.2, 0.25) is 10.0 Å². The van der Waals surface area contributed by atoms with E-state index in [1.807, 2.05) is 18.2 Å². The normalized spacial score (nSPS) is 17.2. The molecule has 7 heteroatoms. The number of carbonyl (C=O) groups is 2. The van der Waals surface area contributed by atoms with Gasteiger partial charge in [0.15, 0.2) is 0 Å².